The number of aliphatic imine (C=N–C) groups is 1. The van der Waals surface area contributed by atoms with Crippen molar-refractivity contribution in [3.8, 4) is 0 Å². The lowest BCUT2D eigenvalue weighted by Gasteiger charge is -1.96. The van der Waals surface area contributed by atoms with Crippen LogP contribution < -0.4 is 5.73 Å². The summed E-state index contributed by atoms with van der Waals surface area (Å²) in [6, 6.07) is 0. The van der Waals surface area contributed by atoms with Gasteiger partial charge in [0.2, 0.25) is 0 Å². The van der Waals surface area contributed by atoms with Crippen LogP contribution in [0.3, 0.4) is 0 Å². The summed E-state index contributed by atoms with van der Waals surface area (Å²) in [5, 5.41) is 10.3. The molecule has 2 N–H and O–H groups in total. The molecular weight excluding hydrogens is 162 g/mol. The van der Waals surface area contributed by atoms with E-state index in [1.54, 1.807) is 0 Å². The van der Waals surface area contributed by atoms with Gasteiger partial charge in [0.25, 0.3) is 0 Å². The van der Waals surface area contributed by atoms with E-state index >= 15 is 0 Å². The summed E-state index contributed by atoms with van der Waals surface area (Å²) >= 11 is 0. The van der Waals surface area contributed by atoms with Crippen LogP contribution in [0, 0.1) is 10.1 Å². The van der Waals surface area contributed by atoms with E-state index in [2.05, 4.69) is 4.99 Å². The van der Waals surface area contributed by atoms with Gasteiger partial charge in [-0.15, -0.1) is 0 Å². The van der Waals surface area contributed by atoms with Crippen LogP contribution in [-0.4, -0.2) is 23.5 Å². The number of nitrogens with two attached hydrogens (primary N) is 1. The van der Waals surface area contributed by atoms with Crippen molar-refractivity contribution in [2.45, 2.75) is 6.92 Å². The lowest BCUT2D eigenvalue weighted by molar-refractivity contribution is -0.415. The zero-order chi connectivity index (χ0) is 9.72. The summed E-state index contributed by atoms with van der Waals surface area (Å²) in [5.74, 6) is -0.481. The second-order valence-electron chi connectivity index (χ2n) is 1.94. The summed E-state index contributed by atoms with van der Waals surface area (Å²) < 4.78 is 0. The minimum atomic E-state index is -0.746. The highest BCUT2D eigenvalue weighted by Gasteiger charge is 2.21. The molecule has 0 aromatic rings. The van der Waals surface area contributed by atoms with Crippen molar-refractivity contribution in [1.82, 2.24) is 0 Å². The summed E-state index contributed by atoms with van der Waals surface area (Å²) in [6.45, 7) is 1.19. The van der Waals surface area contributed by atoms with Crippen molar-refractivity contribution >= 4 is 11.5 Å². The molecule has 0 unspecified atom stereocenters. The average Bonchev–Trinajstić information content (AvgIpc) is 1.98. The third-order valence-electron chi connectivity index (χ3n) is 1.15. The molecule has 0 amide bonds. The van der Waals surface area contributed by atoms with Crippen molar-refractivity contribution in [3.05, 3.63) is 22.0 Å². The van der Waals surface area contributed by atoms with Gasteiger partial charge in [-0.05, 0) is 0 Å². The fourth-order valence-electron chi connectivity index (χ4n) is 0.679. The van der Waals surface area contributed by atoms with E-state index < -0.39 is 16.4 Å². The van der Waals surface area contributed by atoms with Gasteiger partial charge < -0.3 is 5.73 Å². The largest absolute Gasteiger partial charge is 0.399 e. The van der Waals surface area contributed by atoms with Gasteiger partial charge >= 0.3 is 5.70 Å². The molecule has 0 saturated heterocycles. The molecule has 0 fully saturated rings. The molecule has 0 heterocycles. The first-order valence-electron chi connectivity index (χ1n) is 3.09. The molecule has 6 heteroatoms. The molecule has 6 nitrogen and oxygen atoms in total. The normalized spacial score (nSPS) is 12.8. The van der Waals surface area contributed by atoms with E-state index in [0.29, 0.717) is 0 Å². The molecule has 0 bridgehead atoms. The maximum Gasteiger partial charge on any atom is 0.313 e. The Morgan fingerprint density at radius 2 is 2.17 bits per heavy atom. The van der Waals surface area contributed by atoms with Crippen LogP contribution in [0.4, 0.5) is 0 Å². The van der Waals surface area contributed by atoms with Crippen LogP contribution in [0.15, 0.2) is 16.9 Å². The van der Waals surface area contributed by atoms with E-state index in [1.165, 1.54) is 14.0 Å². The minimum Gasteiger partial charge on any atom is -0.399 e. The fourth-order valence-corrected chi connectivity index (χ4v) is 0.679. The van der Waals surface area contributed by atoms with Gasteiger partial charge in [0.15, 0.2) is 11.5 Å². The maximum absolute atomic E-state index is 10.7. The second kappa shape index (κ2) is 4.22. The molecule has 12 heavy (non-hydrogen) atoms. The quantitative estimate of drug-likeness (QED) is 0.358. The van der Waals surface area contributed by atoms with Crippen molar-refractivity contribution in [2.75, 3.05) is 7.05 Å². The van der Waals surface area contributed by atoms with E-state index in [9.17, 15) is 14.9 Å². The van der Waals surface area contributed by atoms with Crippen LogP contribution in [-0.2, 0) is 4.79 Å². The Bertz CT molecular complexity index is 239. The minimum absolute atomic E-state index is 0.220. The Morgan fingerprint density at radius 3 is 2.25 bits per heavy atom. The van der Waals surface area contributed by atoms with Crippen molar-refractivity contribution in [1.29, 1.82) is 0 Å². The lowest BCUT2D eigenvalue weighted by atomic mass is 10.2. The summed E-state index contributed by atoms with van der Waals surface area (Å²) in [7, 11) is 1.30. The van der Waals surface area contributed by atoms with Crippen LogP contribution in [0.5, 0.6) is 0 Å². The summed E-state index contributed by atoms with van der Waals surface area (Å²) in [4.78, 5) is 23.7. The molecule has 66 valence electrons. The van der Waals surface area contributed by atoms with Crippen molar-refractivity contribution in [2.24, 2.45) is 10.7 Å². The Hall–Kier alpha value is -1.72. The first kappa shape index (κ1) is 10.3. The lowest BCUT2D eigenvalue weighted by Crippen LogP contribution is -2.20. The van der Waals surface area contributed by atoms with Crippen LogP contribution in [0.25, 0.3) is 0 Å². The number of ketones is 1. The molecule has 0 rings (SSSR count). The maximum atomic E-state index is 10.7. The highest BCUT2D eigenvalue weighted by atomic mass is 16.6. The standard InChI is InChI=1S/C6H9N3O3/c1-4(10)6(8-2)5(3-7)9(11)12/h3H,7H2,1-2H3. The Balaban J connectivity index is 4.99. The second-order valence-corrected chi connectivity index (χ2v) is 1.94. The smallest absolute Gasteiger partial charge is 0.313 e. The van der Waals surface area contributed by atoms with Crippen LogP contribution in [0.2, 0.25) is 0 Å². The predicted molar refractivity (Wildman–Crippen MR) is 43.3 cm³/mol. The van der Waals surface area contributed by atoms with Crippen LogP contribution >= 0.6 is 0 Å². The van der Waals surface area contributed by atoms with Crippen molar-refractivity contribution < 1.29 is 9.72 Å². The molecule has 0 spiro atoms. The van der Waals surface area contributed by atoms with Gasteiger partial charge in [0.1, 0.15) is 0 Å². The summed E-state index contributed by atoms with van der Waals surface area (Å²) in [5.41, 5.74) is 4.26. The summed E-state index contributed by atoms with van der Waals surface area (Å²) in [6.07, 6.45) is 0.754. The fraction of sp³-hybridized carbons (Fsp3) is 0.333. The number of hydrogen-bond acceptors (Lipinski definition) is 5. The molecule has 0 aliphatic carbocycles. The van der Waals surface area contributed by atoms with E-state index in [1.807, 2.05) is 0 Å². The molecule has 0 aliphatic heterocycles. The number of carbonyl (C=O) groups excluding carboxylic acids is 1. The zero-order valence-electron chi connectivity index (χ0n) is 6.77. The monoisotopic (exact) mass is 171 g/mol. The average molecular weight is 171 g/mol. The number of nitro groups is 1. The first-order chi connectivity index (χ1) is 5.54. The molecule has 0 radical (unpaired) electrons. The molecule has 0 aromatic carbocycles. The van der Waals surface area contributed by atoms with E-state index in [0.717, 1.165) is 6.20 Å². The van der Waals surface area contributed by atoms with Gasteiger partial charge in [-0.3, -0.25) is 19.9 Å². The Morgan fingerprint density at radius 1 is 1.67 bits per heavy atom. The van der Waals surface area contributed by atoms with Gasteiger partial charge in [-0.25, -0.2) is 0 Å². The molecular formula is C6H9N3O3. The molecule has 0 aromatic heterocycles. The SMILES string of the molecule is CN=C(C(C)=O)C(=CN)[N+](=O)[O-]. The topological polar surface area (TPSA) is 98.6 Å². The van der Waals surface area contributed by atoms with Crippen LogP contribution in [0.1, 0.15) is 6.92 Å². The Kier molecular flexibility index (Phi) is 3.61. The van der Waals surface area contributed by atoms with Gasteiger partial charge in [0, 0.05) is 14.0 Å². The van der Waals surface area contributed by atoms with Gasteiger partial charge in [0.05, 0.1) is 11.1 Å². The third kappa shape index (κ3) is 2.15. The number of rotatable bonds is 3. The van der Waals surface area contributed by atoms with Gasteiger partial charge in [-0.1, -0.05) is 0 Å². The number of hydrogen-bond donors (Lipinski definition) is 1. The first-order valence-corrected chi connectivity index (χ1v) is 3.09. The number of carbonyl (C=O) groups is 1. The van der Waals surface area contributed by atoms with E-state index in [4.69, 9.17) is 5.73 Å². The highest BCUT2D eigenvalue weighted by molar-refractivity contribution is 6.44. The zero-order valence-corrected chi connectivity index (χ0v) is 6.77. The number of allylic oxidation sites excluding steroid dienone is 1. The molecule has 0 atom stereocenters. The Labute approximate surface area is 68.9 Å². The van der Waals surface area contributed by atoms with Crippen molar-refractivity contribution in [3.63, 3.8) is 0 Å². The highest BCUT2D eigenvalue weighted by Crippen LogP contribution is 1.98. The number of nitrogens with zero attached hydrogens (tertiary/aromatic N) is 2. The molecule has 0 aliphatic rings. The third-order valence-corrected chi connectivity index (χ3v) is 1.15. The number of Topliss-reactive ketones (excluding diaryl/α,β-unsaturated/α-hetero) is 1. The van der Waals surface area contributed by atoms with E-state index in [-0.39, 0.29) is 5.71 Å². The predicted octanol–water partition coefficient (Wildman–Crippen LogP) is -0.277. The van der Waals surface area contributed by atoms with Gasteiger partial charge in [-0.2, -0.15) is 0 Å². The molecule has 0 saturated carbocycles.